The zero-order valence-electron chi connectivity index (χ0n) is 14.5. The van der Waals surface area contributed by atoms with Crippen LogP contribution in [0.25, 0.3) is 5.69 Å². The predicted octanol–water partition coefficient (Wildman–Crippen LogP) is 4.92. The number of nitrogens with zero attached hydrogens (tertiary/aromatic N) is 4. The highest BCUT2D eigenvalue weighted by Gasteiger charge is 2.19. The second-order valence-corrected chi connectivity index (χ2v) is 8.33. The second-order valence-electron chi connectivity index (χ2n) is 6.47. The minimum Gasteiger partial charge on any atom is -0.296 e. The van der Waals surface area contributed by atoms with Crippen molar-refractivity contribution < 1.29 is 0 Å². The van der Waals surface area contributed by atoms with Gasteiger partial charge < -0.3 is 0 Å². The van der Waals surface area contributed by atoms with Crippen molar-refractivity contribution in [3.8, 4) is 5.69 Å². The standard InChI is InChI=1S/C20H21BrN4S/c21-17-8-6-7-16(13-17)15-26-20-23-22-19(14-24-11-4-5-12-24)25(20)18-9-2-1-3-10-18/h1-3,6-10,13H,4-5,11-12,14-15H2. The molecule has 2 aromatic carbocycles. The van der Waals surface area contributed by atoms with Gasteiger partial charge in [-0.05, 0) is 55.8 Å². The molecule has 0 saturated carbocycles. The summed E-state index contributed by atoms with van der Waals surface area (Å²) >= 11 is 5.28. The molecule has 4 nitrogen and oxygen atoms in total. The number of halogens is 1. The van der Waals surface area contributed by atoms with Crippen LogP contribution in [0, 0.1) is 0 Å². The average Bonchev–Trinajstić information content (AvgIpc) is 3.31. The van der Waals surface area contributed by atoms with Crippen molar-refractivity contribution in [3.63, 3.8) is 0 Å². The number of hydrogen-bond donors (Lipinski definition) is 0. The third kappa shape index (κ3) is 4.19. The van der Waals surface area contributed by atoms with Crippen molar-refractivity contribution in [1.82, 2.24) is 19.7 Å². The van der Waals surface area contributed by atoms with E-state index in [2.05, 4.69) is 84.1 Å². The van der Waals surface area contributed by atoms with Crippen molar-refractivity contribution in [2.75, 3.05) is 13.1 Å². The summed E-state index contributed by atoms with van der Waals surface area (Å²) in [5.41, 5.74) is 2.40. The molecule has 0 aliphatic carbocycles. The van der Waals surface area contributed by atoms with Crippen LogP contribution in [0.4, 0.5) is 0 Å². The van der Waals surface area contributed by atoms with E-state index in [1.165, 1.54) is 18.4 Å². The first-order valence-electron chi connectivity index (χ1n) is 8.89. The lowest BCUT2D eigenvalue weighted by Gasteiger charge is -2.16. The Balaban J connectivity index is 1.60. The quantitative estimate of drug-likeness (QED) is 0.521. The van der Waals surface area contributed by atoms with Crippen LogP contribution in [0.15, 0.2) is 64.2 Å². The molecule has 134 valence electrons. The van der Waals surface area contributed by atoms with Gasteiger partial charge in [-0.2, -0.15) is 0 Å². The van der Waals surface area contributed by atoms with Gasteiger partial charge in [0, 0.05) is 15.9 Å². The van der Waals surface area contributed by atoms with Crippen molar-refractivity contribution in [3.05, 3.63) is 70.5 Å². The van der Waals surface area contributed by atoms with E-state index in [0.717, 1.165) is 46.5 Å². The highest BCUT2D eigenvalue weighted by atomic mass is 79.9. The molecule has 2 heterocycles. The number of para-hydroxylation sites is 1. The molecule has 1 aliphatic rings. The lowest BCUT2D eigenvalue weighted by atomic mass is 10.2. The number of hydrogen-bond acceptors (Lipinski definition) is 4. The Kier molecular flexibility index (Phi) is 5.72. The number of aromatic nitrogens is 3. The van der Waals surface area contributed by atoms with E-state index in [4.69, 9.17) is 0 Å². The molecule has 26 heavy (non-hydrogen) atoms. The van der Waals surface area contributed by atoms with Gasteiger partial charge in [-0.3, -0.25) is 9.47 Å². The second kappa shape index (κ2) is 8.37. The zero-order chi connectivity index (χ0) is 17.8. The Morgan fingerprint density at radius 3 is 2.54 bits per heavy atom. The van der Waals surface area contributed by atoms with Crippen LogP contribution in [0.3, 0.4) is 0 Å². The largest absolute Gasteiger partial charge is 0.296 e. The highest BCUT2D eigenvalue weighted by Crippen LogP contribution is 2.27. The maximum absolute atomic E-state index is 4.53. The molecule has 1 saturated heterocycles. The number of rotatable bonds is 6. The summed E-state index contributed by atoms with van der Waals surface area (Å²) in [5.74, 6) is 1.89. The Bertz CT molecular complexity index is 859. The Hall–Kier alpha value is -1.63. The van der Waals surface area contributed by atoms with Gasteiger partial charge in [-0.25, -0.2) is 0 Å². The first kappa shape index (κ1) is 17.8. The lowest BCUT2D eigenvalue weighted by molar-refractivity contribution is 0.319. The fraction of sp³-hybridized carbons (Fsp3) is 0.300. The third-order valence-electron chi connectivity index (χ3n) is 4.54. The van der Waals surface area contributed by atoms with Gasteiger partial charge >= 0.3 is 0 Å². The van der Waals surface area contributed by atoms with Crippen LogP contribution in [0.1, 0.15) is 24.2 Å². The fourth-order valence-electron chi connectivity index (χ4n) is 3.25. The summed E-state index contributed by atoms with van der Waals surface area (Å²) in [6.07, 6.45) is 2.56. The summed E-state index contributed by atoms with van der Waals surface area (Å²) in [6, 6.07) is 18.8. The van der Waals surface area contributed by atoms with Crippen molar-refractivity contribution in [2.24, 2.45) is 0 Å². The van der Waals surface area contributed by atoms with Crippen LogP contribution >= 0.6 is 27.7 Å². The predicted molar refractivity (Wildman–Crippen MR) is 110 cm³/mol. The van der Waals surface area contributed by atoms with Gasteiger partial charge in [0.25, 0.3) is 0 Å². The van der Waals surface area contributed by atoms with Gasteiger partial charge in [-0.1, -0.05) is 58.0 Å². The summed E-state index contributed by atoms with van der Waals surface area (Å²) in [6.45, 7) is 3.17. The van der Waals surface area contributed by atoms with Gasteiger partial charge in [0.05, 0.1) is 6.54 Å². The maximum atomic E-state index is 4.53. The van der Waals surface area contributed by atoms with E-state index >= 15 is 0 Å². The first-order chi connectivity index (χ1) is 12.8. The molecule has 0 N–H and O–H groups in total. The van der Waals surface area contributed by atoms with E-state index in [-0.39, 0.29) is 0 Å². The van der Waals surface area contributed by atoms with Gasteiger partial charge in [0.2, 0.25) is 0 Å². The Labute approximate surface area is 166 Å². The van der Waals surface area contributed by atoms with Crippen molar-refractivity contribution in [1.29, 1.82) is 0 Å². The van der Waals surface area contributed by atoms with Crippen molar-refractivity contribution in [2.45, 2.75) is 30.3 Å². The molecule has 0 atom stereocenters. The van der Waals surface area contributed by atoms with Gasteiger partial charge in [0.15, 0.2) is 11.0 Å². The molecule has 3 aromatic rings. The minimum absolute atomic E-state index is 0.860. The Morgan fingerprint density at radius 1 is 0.962 bits per heavy atom. The van der Waals surface area contributed by atoms with Crippen LogP contribution in [-0.4, -0.2) is 32.8 Å². The number of benzene rings is 2. The summed E-state index contributed by atoms with van der Waals surface area (Å²) < 4.78 is 3.32. The molecule has 1 fully saturated rings. The molecule has 4 rings (SSSR count). The van der Waals surface area contributed by atoms with E-state index in [9.17, 15) is 0 Å². The topological polar surface area (TPSA) is 34.0 Å². The molecule has 1 aromatic heterocycles. The normalized spacial score (nSPS) is 14.8. The van der Waals surface area contributed by atoms with Crippen LogP contribution in [0.5, 0.6) is 0 Å². The summed E-state index contributed by atoms with van der Waals surface area (Å²) in [7, 11) is 0. The molecule has 0 bridgehead atoms. The summed E-state index contributed by atoms with van der Waals surface area (Å²) in [5, 5.41) is 9.99. The van der Waals surface area contributed by atoms with Gasteiger partial charge in [0.1, 0.15) is 0 Å². The van der Waals surface area contributed by atoms with Crippen LogP contribution < -0.4 is 0 Å². The fourth-order valence-corrected chi connectivity index (χ4v) is 4.61. The molecule has 1 aliphatic heterocycles. The average molecular weight is 429 g/mol. The van der Waals surface area contributed by atoms with E-state index in [0.29, 0.717) is 0 Å². The highest BCUT2D eigenvalue weighted by molar-refractivity contribution is 9.10. The number of thioether (sulfide) groups is 1. The van der Waals surface area contributed by atoms with Crippen LogP contribution in [0.2, 0.25) is 0 Å². The lowest BCUT2D eigenvalue weighted by Crippen LogP contribution is -2.21. The minimum atomic E-state index is 0.860. The molecule has 0 amide bonds. The smallest absolute Gasteiger partial charge is 0.196 e. The summed E-state index contributed by atoms with van der Waals surface area (Å²) in [4.78, 5) is 2.46. The molecular formula is C20H21BrN4S. The van der Waals surface area contributed by atoms with E-state index < -0.39 is 0 Å². The number of likely N-dealkylation sites (tertiary alicyclic amines) is 1. The molecular weight excluding hydrogens is 408 g/mol. The zero-order valence-corrected chi connectivity index (χ0v) is 16.9. The molecule has 6 heteroatoms. The van der Waals surface area contributed by atoms with Crippen molar-refractivity contribution >= 4 is 27.7 Å². The van der Waals surface area contributed by atoms with Crippen LogP contribution in [-0.2, 0) is 12.3 Å². The third-order valence-corrected chi connectivity index (χ3v) is 6.03. The molecule has 0 unspecified atom stereocenters. The molecule has 0 spiro atoms. The SMILES string of the molecule is Brc1cccc(CSc2nnc(CN3CCCC3)n2-c2ccccc2)c1. The van der Waals surface area contributed by atoms with Gasteiger partial charge in [-0.15, -0.1) is 10.2 Å². The van der Waals surface area contributed by atoms with E-state index in [1.807, 2.05) is 6.07 Å². The molecule has 0 radical (unpaired) electrons. The van der Waals surface area contributed by atoms with E-state index in [1.54, 1.807) is 11.8 Å². The monoisotopic (exact) mass is 428 g/mol. The Morgan fingerprint density at radius 2 is 1.77 bits per heavy atom. The maximum Gasteiger partial charge on any atom is 0.196 e. The first-order valence-corrected chi connectivity index (χ1v) is 10.7.